The minimum atomic E-state index is -0.299. The molecule has 1 fully saturated rings. The van der Waals surface area contributed by atoms with Crippen LogP contribution in [-0.4, -0.2) is 34.8 Å². The van der Waals surface area contributed by atoms with Gasteiger partial charge in [0.2, 0.25) is 11.8 Å². The minimum absolute atomic E-state index is 0.0531. The molecule has 1 N–H and O–H groups in total. The van der Waals surface area contributed by atoms with E-state index in [2.05, 4.69) is 5.32 Å². The zero-order valence-corrected chi connectivity index (χ0v) is 9.96. The van der Waals surface area contributed by atoms with Crippen LogP contribution in [0, 0.1) is 0 Å². The molecule has 0 bridgehead atoms. The molecule has 0 unspecified atom stereocenters. The van der Waals surface area contributed by atoms with E-state index in [9.17, 15) is 9.59 Å². The average Bonchev–Trinajstić information content (AvgIpc) is 2.81. The molecule has 0 aromatic rings. The Balaban J connectivity index is 2.49. The largest absolute Gasteiger partial charge is 0.352 e. The van der Waals surface area contributed by atoms with E-state index in [-0.39, 0.29) is 23.9 Å². The molecule has 1 rings (SSSR count). The molecule has 0 heterocycles. The summed E-state index contributed by atoms with van der Waals surface area (Å²) < 4.78 is 0. The van der Waals surface area contributed by atoms with Gasteiger partial charge in [0.05, 0.1) is 0 Å². The van der Waals surface area contributed by atoms with Crippen molar-refractivity contribution in [3.63, 3.8) is 0 Å². The summed E-state index contributed by atoms with van der Waals surface area (Å²) in [5.74, 6) is -0.115. The van der Waals surface area contributed by atoms with E-state index in [1.165, 1.54) is 6.92 Å². The number of rotatable bonds is 3. The highest BCUT2D eigenvalue weighted by Gasteiger charge is 2.28. The quantitative estimate of drug-likeness (QED) is 0.756. The molecule has 2 amide bonds. The second-order valence-electron chi connectivity index (χ2n) is 5.12. The highest BCUT2D eigenvalue weighted by atomic mass is 16.2. The molecule has 86 valence electrons. The van der Waals surface area contributed by atoms with Crippen molar-refractivity contribution in [3.8, 4) is 0 Å². The Bertz CT molecular complexity index is 264. The van der Waals surface area contributed by atoms with Crippen molar-refractivity contribution < 1.29 is 9.59 Å². The molecule has 0 atom stereocenters. The summed E-state index contributed by atoms with van der Waals surface area (Å²) in [5, 5.41) is 2.88. The third-order valence-electron chi connectivity index (χ3n) is 2.43. The van der Waals surface area contributed by atoms with Crippen LogP contribution in [0.25, 0.3) is 0 Å². The molecular formula is C11H20N2O2. The van der Waals surface area contributed by atoms with Gasteiger partial charge < -0.3 is 10.2 Å². The Hall–Kier alpha value is -1.06. The molecule has 0 aromatic carbocycles. The normalized spacial score (nSPS) is 16.0. The predicted octanol–water partition coefficient (Wildman–Crippen LogP) is 0.912. The molecule has 1 saturated carbocycles. The van der Waals surface area contributed by atoms with Gasteiger partial charge >= 0.3 is 0 Å². The number of carbonyl (C=O) groups excluding carboxylic acids is 2. The SMILES string of the molecule is CC(=O)N(CC(=O)NC1CC1)C(C)(C)C. The Morgan fingerprint density at radius 1 is 1.33 bits per heavy atom. The van der Waals surface area contributed by atoms with Crippen molar-refractivity contribution in [3.05, 3.63) is 0 Å². The van der Waals surface area contributed by atoms with Gasteiger partial charge in [-0.15, -0.1) is 0 Å². The molecule has 0 aliphatic heterocycles. The zero-order chi connectivity index (χ0) is 11.6. The van der Waals surface area contributed by atoms with Gasteiger partial charge in [-0.3, -0.25) is 9.59 Å². The van der Waals surface area contributed by atoms with Crippen LogP contribution in [0.5, 0.6) is 0 Å². The highest BCUT2D eigenvalue weighted by Crippen LogP contribution is 2.19. The molecular weight excluding hydrogens is 192 g/mol. The van der Waals surface area contributed by atoms with Gasteiger partial charge in [0.25, 0.3) is 0 Å². The van der Waals surface area contributed by atoms with Gasteiger partial charge in [0.1, 0.15) is 6.54 Å². The molecule has 1 aliphatic carbocycles. The summed E-state index contributed by atoms with van der Waals surface area (Å²) in [7, 11) is 0. The third-order valence-corrected chi connectivity index (χ3v) is 2.43. The summed E-state index contributed by atoms with van der Waals surface area (Å²) >= 11 is 0. The fourth-order valence-electron chi connectivity index (χ4n) is 1.47. The summed E-state index contributed by atoms with van der Waals surface area (Å²) in [6.07, 6.45) is 2.14. The first-order valence-corrected chi connectivity index (χ1v) is 5.38. The molecule has 15 heavy (non-hydrogen) atoms. The Kier molecular flexibility index (Phi) is 3.37. The van der Waals surface area contributed by atoms with Crippen LogP contribution in [0.2, 0.25) is 0 Å². The maximum Gasteiger partial charge on any atom is 0.239 e. The minimum Gasteiger partial charge on any atom is -0.352 e. The van der Waals surface area contributed by atoms with Crippen molar-refractivity contribution >= 4 is 11.8 Å². The van der Waals surface area contributed by atoms with Gasteiger partial charge in [-0.05, 0) is 33.6 Å². The molecule has 4 heteroatoms. The van der Waals surface area contributed by atoms with Crippen molar-refractivity contribution in [1.29, 1.82) is 0 Å². The van der Waals surface area contributed by atoms with Gasteiger partial charge in [-0.25, -0.2) is 0 Å². The monoisotopic (exact) mass is 212 g/mol. The highest BCUT2D eigenvalue weighted by molar-refractivity contribution is 5.84. The van der Waals surface area contributed by atoms with E-state index in [1.54, 1.807) is 4.90 Å². The van der Waals surface area contributed by atoms with E-state index >= 15 is 0 Å². The summed E-state index contributed by atoms with van der Waals surface area (Å²) in [6, 6.07) is 0.353. The number of nitrogens with one attached hydrogen (secondary N) is 1. The van der Waals surface area contributed by atoms with Gasteiger partial charge in [0, 0.05) is 18.5 Å². The molecule has 0 aromatic heterocycles. The number of hydrogen-bond acceptors (Lipinski definition) is 2. The second-order valence-corrected chi connectivity index (χ2v) is 5.12. The molecule has 0 radical (unpaired) electrons. The number of nitrogens with zero attached hydrogens (tertiary/aromatic N) is 1. The molecule has 0 saturated heterocycles. The first-order valence-electron chi connectivity index (χ1n) is 5.38. The lowest BCUT2D eigenvalue weighted by atomic mass is 10.1. The van der Waals surface area contributed by atoms with Gasteiger partial charge in [-0.2, -0.15) is 0 Å². The fraction of sp³-hybridized carbons (Fsp3) is 0.818. The fourth-order valence-corrected chi connectivity index (χ4v) is 1.47. The molecule has 4 nitrogen and oxygen atoms in total. The van der Waals surface area contributed by atoms with Crippen LogP contribution in [0.3, 0.4) is 0 Å². The lowest BCUT2D eigenvalue weighted by Crippen LogP contribution is -2.49. The van der Waals surface area contributed by atoms with Gasteiger partial charge in [-0.1, -0.05) is 0 Å². The first-order chi connectivity index (χ1) is 6.80. The summed E-state index contributed by atoms with van der Waals surface area (Å²) in [6.45, 7) is 7.45. The Morgan fingerprint density at radius 2 is 1.87 bits per heavy atom. The van der Waals surface area contributed by atoms with Gasteiger partial charge in [0.15, 0.2) is 0 Å². The first kappa shape index (κ1) is 12.0. The Morgan fingerprint density at radius 3 is 2.20 bits per heavy atom. The molecule has 0 spiro atoms. The third kappa shape index (κ3) is 3.90. The molecule has 1 aliphatic rings. The van der Waals surface area contributed by atoms with Crippen molar-refractivity contribution in [2.75, 3.05) is 6.54 Å². The van der Waals surface area contributed by atoms with Crippen LogP contribution in [0.4, 0.5) is 0 Å². The lowest BCUT2D eigenvalue weighted by molar-refractivity contribution is -0.139. The number of carbonyl (C=O) groups is 2. The topological polar surface area (TPSA) is 49.4 Å². The maximum atomic E-state index is 11.6. The number of hydrogen-bond donors (Lipinski definition) is 1. The van der Waals surface area contributed by atoms with E-state index in [1.807, 2.05) is 20.8 Å². The van der Waals surface area contributed by atoms with E-state index in [0.717, 1.165) is 12.8 Å². The van der Waals surface area contributed by atoms with E-state index in [0.29, 0.717) is 6.04 Å². The van der Waals surface area contributed by atoms with Crippen molar-refractivity contribution in [1.82, 2.24) is 10.2 Å². The van der Waals surface area contributed by atoms with Crippen LogP contribution in [-0.2, 0) is 9.59 Å². The standard InChI is InChI=1S/C11H20N2O2/c1-8(14)13(11(2,3)4)7-10(15)12-9-5-6-9/h9H,5-7H2,1-4H3,(H,12,15). The Labute approximate surface area is 91.0 Å². The van der Waals surface area contributed by atoms with Crippen molar-refractivity contribution in [2.45, 2.75) is 52.1 Å². The van der Waals surface area contributed by atoms with Crippen LogP contribution in [0.1, 0.15) is 40.5 Å². The number of amides is 2. The van der Waals surface area contributed by atoms with Crippen molar-refractivity contribution in [2.24, 2.45) is 0 Å². The second kappa shape index (κ2) is 4.21. The van der Waals surface area contributed by atoms with Crippen LogP contribution >= 0.6 is 0 Å². The summed E-state index contributed by atoms with van der Waals surface area (Å²) in [5.41, 5.74) is -0.299. The summed E-state index contributed by atoms with van der Waals surface area (Å²) in [4.78, 5) is 24.5. The van der Waals surface area contributed by atoms with Crippen LogP contribution < -0.4 is 5.32 Å². The lowest BCUT2D eigenvalue weighted by Gasteiger charge is -2.34. The zero-order valence-electron chi connectivity index (χ0n) is 9.96. The maximum absolute atomic E-state index is 11.6. The predicted molar refractivity (Wildman–Crippen MR) is 58.3 cm³/mol. The average molecular weight is 212 g/mol. The smallest absolute Gasteiger partial charge is 0.239 e. The van der Waals surface area contributed by atoms with E-state index in [4.69, 9.17) is 0 Å². The van der Waals surface area contributed by atoms with E-state index < -0.39 is 0 Å². The van der Waals surface area contributed by atoms with Crippen LogP contribution in [0.15, 0.2) is 0 Å².